The maximum atomic E-state index is 12.1. The summed E-state index contributed by atoms with van der Waals surface area (Å²) in [6.07, 6.45) is 0. The molecule has 2 aromatic carbocycles. The van der Waals surface area contributed by atoms with Crippen LogP contribution in [-0.2, 0) is 10.1 Å². The van der Waals surface area contributed by atoms with Gasteiger partial charge in [0.25, 0.3) is 10.1 Å². The van der Waals surface area contributed by atoms with Gasteiger partial charge in [-0.1, -0.05) is 0 Å². The molecule has 0 aliphatic rings. The van der Waals surface area contributed by atoms with Gasteiger partial charge in [0.1, 0.15) is 11.5 Å². The van der Waals surface area contributed by atoms with Crippen LogP contribution < -0.4 is 9.47 Å². The van der Waals surface area contributed by atoms with Gasteiger partial charge in [0.2, 0.25) is 0 Å². The van der Waals surface area contributed by atoms with Gasteiger partial charge in [0, 0.05) is 0 Å². The lowest BCUT2D eigenvalue weighted by molar-refractivity contribution is 0.0667. The molecule has 0 atom stereocenters. The SMILES string of the molecule is COc1ccc(OC(=O)c2ccc(S(=O)(=O)O)cc2C(=O)O)cc1. The predicted octanol–water partition coefficient (Wildman–Crippen LogP) is 1.86. The number of carbonyl (C=O) groups excluding carboxylic acids is 1. The first-order valence-electron chi connectivity index (χ1n) is 6.43. The van der Waals surface area contributed by atoms with Crippen LogP contribution in [-0.4, -0.2) is 37.1 Å². The maximum Gasteiger partial charge on any atom is 0.344 e. The second-order valence-electron chi connectivity index (χ2n) is 4.55. The molecule has 0 aliphatic carbocycles. The number of hydrogen-bond acceptors (Lipinski definition) is 6. The Hall–Kier alpha value is -2.91. The van der Waals surface area contributed by atoms with Gasteiger partial charge in [-0.05, 0) is 42.5 Å². The minimum Gasteiger partial charge on any atom is -0.497 e. The van der Waals surface area contributed by atoms with E-state index in [9.17, 15) is 18.0 Å². The lowest BCUT2D eigenvalue weighted by atomic mass is 10.1. The molecule has 0 fully saturated rings. The third-order valence-corrected chi connectivity index (χ3v) is 3.86. The van der Waals surface area contributed by atoms with E-state index in [0.29, 0.717) is 11.8 Å². The summed E-state index contributed by atoms with van der Waals surface area (Å²) in [6.45, 7) is 0. The molecule has 0 unspecified atom stereocenters. The predicted molar refractivity (Wildman–Crippen MR) is 81.2 cm³/mol. The molecule has 0 spiro atoms. The van der Waals surface area contributed by atoms with E-state index in [-0.39, 0.29) is 11.3 Å². The number of esters is 1. The first-order chi connectivity index (χ1) is 11.2. The van der Waals surface area contributed by atoms with Gasteiger partial charge < -0.3 is 14.6 Å². The minimum absolute atomic E-state index is 0.149. The van der Waals surface area contributed by atoms with Gasteiger partial charge >= 0.3 is 11.9 Å². The van der Waals surface area contributed by atoms with Crippen molar-refractivity contribution in [1.29, 1.82) is 0 Å². The van der Waals surface area contributed by atoms with Crippen LogP contribution in [0.1, 0.15) is 20.7 Å². The fourth-order valence-corrected chi connectivity index (χ4v) is 2.35. The van der Waals surface area contributed by atoms with Crippen molar-refractivity contribution in [2.24, 2.45) is 0 Å². The number of ether oxygens (including phenoxy) is 2. The third kappa shape index (κ3) is 3.89. The molecule has 0 aliphatic heterocycles. The molecule has 2 rings (SSSR count). The van der Waals surface area contributed by atoms with Crippen LogP contribution in [0, 0.1) is 0 Å². The van der Waals surface area contributed by atoms with E-state index in [1.807, 2.05) is 0 Å². The summed E-state index contributed by atoms with van der Waals surface area (Å²) in [5, 5.41) is 9.14. The summed E-state index contributed by atoms with van der Waals surface area (Å²) in [5.41, 5.74) is -0.964. The standard InChI is InChI=1S/C15H12O8S/c1-22-9-2-4-10(5-3-9)23-15(18)12-7-6-11(24(19,20)21)8-13(12)14(16)17/h2-8H,1H3,(H,16,17)(H,19,20,21). The quantitative estimate of drug-likeness (QED) is 0.474. The molecular formula is C15H12O8S. The van der Waals surface area contributed by atoms with Crippen LogP contribution in [0.4, 0.5) is 0 Å². The van der Waals surface area contributed by atoms with E-state index in [1.165, 1.54) is 19.2 Å². The second kappa shape index (κ2) is 6.69. The van der Waals surface area contributed by atoms with Crippen molar-refractivity contribution in [3.8, 4) is 11.5 Å². The van der Waals surface area contributed by atoms with Gasteiger partial charge in [0.15, 0.2) is 0 Å². The van der Waals surface area contributed by atoms with Crippen LogP contribution in [0.3, 0.4) is 0 Å². The summed E-state index contributed by atoms with van der Waals surface area (Å²) in [6, 6.07) is 8.53. The third-order valence-electron chi connectivity index (χ3n) is 3.01. The molecule has 0 aromatic heterocycles. The first kappa shape index (κ1) is 17.4. The Bertz CT molecular complexity index is 884. The van der Waals surface area contributed by atoms with Crippen molar-refractivity contribution in [2.45, 2.75) is 4.90 Å². The molecule has 9 heteroatoms. The second-order valence-corrected chi connectivity index (χ2v) is 5.97. The Morgan fingerprint density at radius 1 is 0.958 bits per heavy atom. The van der Waals surface area contributed by atoms with Gasteiger partial charge in [-0.15, -0.1) is 0 Å². The smallest absolute Gasteiger partial charge is 0.344 e. The van der Waals surface area contributed by atoms with Gasteiger partial charge in [-0.3, -0.25) is 4.55 Å². The number of methoxy groups -OCH3 is 1. The highest BCUT2D eigenvalue weighted by Crippen LogP contribution is 2.21. The zero-order valence-electron chi connectivity index (χ0n) is 12.3. The molecule has 126 valence electrons. The van der Waals surface area contributed by atoms with Crippen molar-refractivity contribution in [3.05, 3.63) is 53.6 Å². The monoisotopic (exact) mass is 352 g/mol. The first-order valence-corrected chi connectivity index (χ1v) is 7.87. The van der Waals surface area contributed by atoms with Gasteiger partial charge in [-0.25, -0.2) is 9.59 Å². The minimum atomic E-state index is -4.60. The molecule has 0 heterocycles. The number of benzene rings is 2. The van der Waals surface area contributed by atoms with Crippen molar-refractivity contribution >= 4 is 22.1 Å². The zero-order valence-corrected chi connectivity index (χ0v) is 13.1. The van der Waals surface area contributed by atoms with Crippen molar-refractivity contribution in [2.75, 3.05) is 7.11 Å². The Labute approximate surface area is 137 Å². The Balaban J connectivity index is 2.35. The maximum absolute atomic E-state index is 12.1. The molecule has 2 N–H and O–H groups in total. The zero-order chi connectivity index (χ0) is 17.9. The summed E-state index contributed by atoms with van der Waals surface area (Å²) < 4.78 is 41.1. The number of rotatable bonds is 5. The average Bonchev–Trinajstić information content (AvgIpc) is 2.54. The van der Waals surface area contributed by atoms with Crippen LogP contribution in [0.2, 0.25) is 0 Å². The lowest BCUT2D eigenvalue weighted by Crippen LogP contribution is -2.15. The highest BCUT2D eigenvalue weighted by Gasteiger charge is 2.22. The molecule has 0 bridgehead atoms. The molecule has 0 saturated carbocycles. The van der Waals surface area contributed by atoms with E-state index >= 15 is 0 Å². The number of carboxylic acid groups (broad SMARTS) is 1. The summed E-state index contributed by atoms with van der Waals surface area (Å²) in [7, 11) is -3.13. The van der Waals surface area contributed by atoms with E-state index < -0.39 is 32.5 Å². The summed E-state index contributed by atoms with van der Waals surface area (Å²) >= 11 is 0. The highest BCUT2D eigenvalue weighted by atomic mass is 32.2. The molecule has 2 aromatic rings. The van der Waals surface area contributed by atoms with Crippen molar-refractivity contribution in [3.63, 3.8) is 0 Å². The Morgan fingerprint density at radius 2 is 1.54 bits per heavy atom. The molecule has 24 heavy (non-hydrogen) atoms. The van der Waals surface area contributed by atoms with Gasteiger partial charge in [-0.2, -0.15) is 8.42 Å². The van der Waals surface area contributed by atoms with Crippen LogP contribution in [0.15, 0.2) is 47.4 Å². The van der Waals surface area contributed by atoms with Crippen LogP contribution >= 0.6 is 0 Å². The largest absolute Gasteiger partial charge is 0.497 e. The number of carbonyl (C=O) groups is 2. The fraction of sp³-hybridized carbons (Fsp3) is 0.0667. The van der Waals surface area contributed by atoms with Gasteiger partial charge in [0.05, 0.1) is 23.1 Å². The Kier molecular flexibility index (Phi) is 4.86. The highest BCUT2D eigenvalue weighted by molar-refractivity contribution is 7.85. The molecule has 0 saturated heterocycles. The normalized spacial score (nSPS) is 10.9. The summed E-state index contributed by atoms with van der Waals surface area (Å²) in [4.78, 5) is 22.7. The van der Waals surface area contributed by atoms with Crippen molar-refractivity contribution in [1.82, 2.24) is 0 Å². The van der Waals surface area contributed by atoms with E-state index in [1.54, 1.807) is 12.1 Å². The molecule has 8 nitrogen and oxygen atoms in total. The fourth-order valence-electron chi connectivity index (χ4n) is 1.84. The Morgan fingerprint density at radius 3 is 2.04 bits per heavy atom. The number of hydrogen-bond donors (Lipinski definition) is 2. The lowest BCUT2D eigenvalue weighted by Gasteiger charge is -2.08. The van der Waals surface area contributed by atoms with E-state index in [4.69, 9.17) is 19.1 Å². The van der Waals surface area contributed by atoms with E-state index in [2.05, 4.69) is 0 Å². The topological polar surface area (TPSA) is 127 Å². The van der Waals surface area contributed by atoms with Crippen LogP contribution in [0.25, 0.3) is 0 Å². The molecular weight excluding hydrogens is 340 g/mol. The number of carboxylic acids is 1. The summed E-state index contributed by atoms with van der Waals surface area (Å²) in [5.74, 6) is -1.84. The average molecular weight is 352 g/mol. The molecule has 0 amide bonds. The van der Waals surface area contributed by atoms with Crippen molar-refractivity contribution < 1.29 is 37.1 Å². The van der Waals surface area contributed by atoms with E-state index in [0.717, 1.165) is 12.1 Å². The molecule has 0 radical (unpaired) electrons. The number of aromatic carboxylic acids is 1. The van der Waals surface area contributed by atoms with Crippen LogP contribution in [0.5, 0.6) is 11.5 Å².